The van der Waals surface area contributed by atoms with Crippen LogP contribution >= 0.6 is 0 Å². The van der Waals surface area contributed by atoms with Crippen molar-refractivity contribution in [2.75, 3.05) is 0 Å². The fourth-order valence-corrected chi connectivity index (χ4v) is 6.28. The number of ether oxygens (including phenoxy) is 1. The van der Waals surface area contributed by atoms with Crippen LogP contribution in [0.15, 0.2) is 0 Å². The molecule has 0 aromatic rings. The third kappa shape index (κ3) is 2.28. The molecular weight excluding hydrogens is 304 g/mol. The van der Waals surface area contributed by atoms with Crippen molar-refractivity contribution in [2.45, 2.75) is 78.2 Å². The van der Waals surface area contributed by atoms with Crippen LogP contribution in [0.5, 0.6) is 0 Å². The highest BCUT2D eigenvalue weighted by molar-refractivity contribution is 5.86. The van der Waals surface area contributed by atoms with Gasteiger partial charge in [0.05, 0.1) is 5.92 Å². The van der Waals surface area contributed by atoms with Crippen LogP contribution in [-0.4, -0.2) is 23.6 Å². The van der Waals surface area contributed by atoms with Gasteiger partial charge in [-0.1, -0.05) is 34.1 Å². The van der Waals surface area contributed by atoms with E-state index in [1.54, 1.807) is 0 Å². The van der Waals surface area contributed by atoms with Crippen molar-refractivity contribution in [1.82, 2.24) is 0 Å². The molecule has 0 bridgehead atoms. The van der Waals surface area contributed by atoms with E-state index in [1.807, 2.05) is 0 Å². The van der Waals surface area contributed by atoms with Crippen molar-refractivity contribution in [1.29, 1.82) is 0 Å². The molecule has 1 saturated heterocycles. The van der Waals surface area contributed by atoms with Crippen LogP contribution in [0.3, 0.4) is 0 Å². The largest absolute Gasteiger partial charge is 0.458 e. The van der Waals surface area contributed by atoms with Gasteiger partial charge in [0.25, 0.3) is 0 Å². The topological polar surface area (TPSA) is 60.4 Å². The fourth-order valence-electron chi connectivity index (χ4n) is 6.28. The van der Waals surface area contributed by atoms with E-state index in [9.17, 15) is 14.4 Å². The highest BCUT2D eigenvalue weighted by Gasteiger charge is 2.65. The third-order valence-corrected chi connectivity index (χ3v) is 7.44. The molecule has 0 radical (unpaired) electrons. The zero-order chi connectivity index (χ0) is 17.8. The zero-order valence-corrected chi connectivity index (χ0v) is 15.4. The Morgan fingerprint density at radius 1 is 1.12 bits per heavy atom. The number of Topliss-reactive ketones (excluding diaryl/α,β-unsaturated/α-hetero) is 1. The molecule has 4 nitrogen and oxygen atoms in total. The first-order chi connectivity index (χ1) is 11.2. The van der Waals surface area contributed by atoms with E-state index in [4.69, 9.17) is 4.74 Å². The summed E-state index contributed by atoms with van der Waals surface area (Å²) in [6, 6.07) is 0. The lowest BCUT2D eigenvalue weighted by Gasteiger charge is -2.59. The Morgan fingerprint density at radius 2 is 1.83 bits per heavy atom. The number of esters is 1. The summed E-state index contributed by atoms with van der Waals surface area (Å²) in [6.07, 6.45) is 6.20. The van der Waals surface area contributed by atoms with Crippen LogP contribution in [-0.2, 0) is 19.1 Å². The molecule has 5 unspecified atom stereocenters. The number of cyclic esters (lactones) is 1. The molecule has 5 atom stereocenters. The third-order valence-electron chi connectivity index (χ3n) is 7.44. The second kappa shape index (κ2) is 5.67. The Bertz CT molecular complexity index is 568. The molecule has 2 aliphatic carbocycles. The summed E-state index contributed by atoms with van der Waals surface area (Å²) < 4.78 is 5.89. The molecule has 1 heterocycles. The van der Waals surface area contributed by atoms with E-state index in [-0.39, 0.29) is 40.3 Å². The summed E-state index contributed by atoms with van der Waals surface area (Å²) >= 11 is 0. The number of hydrogen-bond donors (Lipinski definition) is 0. The van der Waals surface area contributed by atoms with Gasteiger partial charge in [0.15, 0.2) is 0 Å². The molecule has 0 aromatic heterocycles. The van der Waals surface area contributed by atoms with Gasteiger partial charge >= 0.3 is 5.97 Å². The maximum absolute atomic E-state index is 13.1. The van der Waals surface area contributed by atoms with Crippen LogP contribution in [0.25, 0.3) is 0 Å². The number of aldehydes is 1. The monoisotopic (exact) mass is 334 g/mol. The predicted molar refractivity (Wildman–Crippen MR) is 90.2 cm³/mol. The van der Waals surface area contributed by atoms with Gasteiger partial charge < -0.3 is 9.53 Å². The SMILES string of the molecule is CC(C)C1(C2C(=O)CCC3C(C)(C=O)CCCC32C)CCC(=O)O1. The molecular formula is C20H30O4. The minimum atomic E-state index is -0.692. The highest BCUT2D eigenvalue weighted by atomic mass is 16.6. The molecule has 0 N–H and O–H groups in total. The van der Waals surface area contributed by atoms with Gasteiger partial charge in [-0.05, 0) is 42.9 Å². The minimum absolute atomic E-state index is 0.0953. The van der Waals surface area contributed by atoms with E-state index in [0.29, 0.717) is 19.3 Å². The molecule has 0 spiro atoms. The predicted octanol–water partition coefficient (Wildman–Crippen LogP) is 3.71. The molecule has 3 aliphatic rings. The van der Waals surface area contributed by atoms with Gasteiger partial charge in [0, 0.05) is 18.3 Å². The average molecular weight is 334 g/mol. The molecule has 3 fully saturated rings. The molecule has 24 heavy (non-hydrogen) atoms. The van der Waals surface area contributed by atoms with E-state index >= 15 is 0 Å². The van der Waals surface area contributed by atoms with Gasteiger partial charge in [0.2, 0.25) is 0 Å². The van der Waals surface area contributed by atoms with E-state index in [0.717, 1.165) is 32.0 Å². The Balaban J connectivity index is 2.09. The first kappa shape index (κ1) is 17.6. The number of carbonyl (C=O) groups excluding carboxylic acids is 3. The molecule has 3 rings (SSSR count). The molecule has 0 aromatic carbocycles. The van der Waals surface area contributed by atoms with Crippen LogP contribution in [0.4, 0.5) is 0 Å². The molecule has 0 amide bonds. The summed E-state index contributed by atoms with van der Waals surface area (Å²) in [5.41, 5.74) is -1.33. The number of hydrogen-bond acceptors (Lipinski definition) is 4. The second-order valence-electron chi connectivity index (χ2n) is 9.06. The maximum Gasteiger partial charge on any atom is 0.306 e. The molecule has 2 saturated carbocycles. The first-order valence-corrected chi connectivity index (χ1v) is 9.40. The number of carbonyl (C=O) groups is 3. The molecule has 134 valence electrons. The lowest BCUT2D eigenvalue weighted by atomic mass is 9.44. The number of ketones is 1. The first-order valence-electron chi connectivity index (χ1n) is 9.40. The van der Waals surface area contributed by atoms with Gasteiger partial charge in [-0.2, -0.15) is 0 Å². The van der Waals surface area contributed by atoms with Crippen LogP contribution in [0, 0.1) is 28.6 Å². The number of rotatable bonds is 3. The Labute approximate surface area is 144 Å². The Kier molecular flexibility index (Phi) is 4.17. The van der Waals surface area contributed by atoms with Gasteiger partial charge in [0.1, 0.15) is 17.7 Å². The minimum Gasteiger partial charge on any atom is -0.458 e. The fraction of sp³-hybridized carbons (Fsp3) is 0.850. The van der Waals surface area contributed by atoms with E-state index in [1.165, 1.54) is 0 Å². The van der Waals surface area contributed by atoms with Crippen molar-refractivity contribution < 1.29 is 19.1 Å². The van der Waals surface area contributed by atoms with Crippen LogP contribution < -0.4 is 0 Å². The zero-order valence-electron chi connectivity index (χ0n) is 15.4. The average Bonchev–Trinajstić information content (AvgIpc) is 2.89. The summed E-state index contributed by atoms with van der Waals surface area (Å²) in [6.45, 7) is 8.34. The van der Waals surface area contributed by atoms with Crippen LogP contribution in [0.1, 0.15) is 72.6 Å². The van der Waals surface area contributed by atoms with E-state index < -0.39 is 5.60 Å². The van der Waals surface area contributed by atoms with Crippen molar-refractivity contribution in [3.05, 3.63) is 0 Å². The lowest BCUT2D eigenvalue weighted by molar-refractivity contribution is -0.190. The molecule has 4 heteroatoms. The van der Waals surface area contributed by atoms with Crippen molar-refractivity contribution in [2.24, 2.45) is 28.6 Å². The van der Waals surface area contributed by atoms with Gasteiger partial charge in [-0.3, -0.25) is 9.59 Å². The summed E-state index contributed by atoms with van der Waals surface area (Å²) in [4.78, 5) is 36.9. The highest BCUT2D eigenvalue weighted by Crippen LogP contribution is 2.63. The Hall–Kier alpha value is -1.19. The summed E-state index contributed by atoms with van der Waals surface area (Å²) in [5.74, 6) is 0.0463. The Morgan fingerprint density at radius 3 is 2.38 bits per heavy atom. The summed E-state index contributed by atoms with van der Waals surface area (Å²) in [7, 11) is 0. The quantitative estimate of drug-likeness (QED) is 0.583. The van der Waals surface area contributed by atoms with Crippen molar-refractivity contribution >= 4 is 18.0 Å². The standard InChI is InChI=1S/C20H30O4/c1-13(2)20(11-8-16(23)24-20)17-14(22)6-7-15-18(3,12-21)9-5-10-19(15,17)4/h12-13,15,17H,5-11H2,1-4H3. The smallest absolute Gasteiger partial charge is 0.306 e. The summed E-state index contributed by atoms with van der Waals surface area (Å²) in [5, 5.41) is 0. The van der Waals surface area contributed by atoms with Gasteiger partial charge in [-0.15, -0.1) is 0 Å². The van der Waals surface area contributed by atoms with Crippen LogP contribution in [0.2, 0.25) is 0 Å². The van der Waals surface area contributed by atoms with Gasteiger partial charge in [-0.25, -0.2) is 0 Å². The number of fused-ring (bicyclic) bond motifs is 1. The van der Waals surface area contributed by atoms with E-state index in [2.05, 4.69) is 27.7 Å². The molecule has 1 aliphatic heterocycles. The van der Waals surface area contributed by atoms with Crippen molar-refractivity contribution in [3.63, 3.8) is 0 Å². The maximum atomic E-state index is 13.1. The normalized spacial score (nSPS) is 45.9. The lowest BCUT2D eigenvalue weighted by Crippen LogP contribution is -2.61. The van der Waals surface area contributed by atoms with Crippen molar-refractivity contribution in [3.8, 4) is 0 Å². The second-order valence-corrected chi connectivity index (χ2v) is 9.06.